The molecule has 0 unspecified atom stereocenters. The first kappa shape index (κ1) is 14.3. The first-order valence-corrected chi connectivity index (χ1v) is 6.66. The zero-order chi connectivity index (χ0) is 13.2. The minimum atomic E-state index is -0.664. The third kappa shape index (κ3) is 3.11. The summed E-state index contributed by atoms with van der Waals surface area (Å²) in [5, 5.41) is 8.83. The Balaban J connectivity index is 2.37. The lowest BCUT2D eigenvalue weighted by molar-refractivity contribution is -0.141. The molecule has 0 spiro atoms. The van der Waals surface area contributed by atoms with Crippen LogP contribution in [0.5, 0.6) is 0 Å². The molecule has 0 aromatic rings. The highest BCUT2D eigenvalue weighted by atomic mass is 16.4. The molecule has 98 valence electrons. The fourth-order valence-corrected chi connectivity index (χ4v) is 2.99. The van der Waals surface area contributed by atoms with Gasteiger partial charge >= 0.3 is 5.97 Å². The molecule has 0 aliphatic heterocycles. The summed E-state index contributed by atoms with van der Waals surface area (Å²) in [6.07, 6.45) is 4.24. The van der Waals surface area contributed by atoms with Crippen molar-refractivity contribution in [3.05, 3.63) is 11.1 Å². The van der Waals surface area contributed by atoms with E-state index >= 15 is 0 Å². The predicted molar refractivity (Wildman–Crippen MR) is 70.9 cm³/mol. The Hall–Kier alpha value is -0.790. The molecule has 0 radical (unpaired) electrons. The van der Waals surface area contributed by atoms with Crippen LogP contribution in [0.15, 0.2) is 11.1 Å². The van der Waals surface area contributed by atoms with Crippen molar-refractivity contribution in [1.82, 2.24) is 0 Å². The molecule has 0 saturated heterocycles. The molecule has 2 heteroatoms. The summed E-state index contributed by atoms with van der Waals surface area (Å²) in [5.74, 6) is -0.114. The van der Waals surface area contributed by atoms with Crippen molar-refractivity contribution in [1.29, 1.82) is 0 Å². The number of carbonyl (C=O) groups is 1. The SMILES string of the molecule is CC(C)=C1C[C@H](CCC[C@@H](C)C(=O)O)C1(C)C. The smallest absolute Gasteiger partial charge is 0.306 e. The normalized spacial score (nSPS) is 24.1. The van der Waals surface area contributed by atoms with Gasteiger partial charge in [0.05, 0.1) is 5.92 Å². The van der Waals surface area contributed by atoms with E-state index in [-0.39, 0.29) is 5.92 Å². The van der Waals surface area contributed by atoms with Crippen LogP contribution < -0.4 is 0 Å². The lowest BCUT2D eigenvalue weighted by Crippen LogP contribution is -2.38. The highest BCUT2D eigenvalue weighted by Gasteiger charge is 2.42. The lowest BCUT2D eigenvalue weighted by Gasteiger charge is -2.49. The van der Waals surface area contributed by atoms with Gasteiger partial charge in [0.15, 0.2) is 0 Å². The van der Waals surface area contributed by atoms with Crippen LogP contribution in [0.2, 0.25) is 0 Å². The first-order chi connectivity index (χ1) is 7.76. The monoisotopic (exact) mass is 238 g/mol. The van der Waals surface area contributed by atoms with Crippen LogP contribution in [-0.2, 0) is 4.79 Å². The van der Waals surface area contributed by atoms with Crippen LogP contribution in [0.4, 0.5) is 0 Å². The highest BCUT2D eigenvalue weighted by molar-refractivity contribution is 5.69. The van der Waals surface area contributed by atoms with E-state index in [9.17, 15) is 4.79 Å². The van der Waals surface area contributed by atoms with Gasteiger partial charge in [-0.25, -0.2) is 0 Å². The Morgan fingerprint density at radius 2 is 2.06 bits per heavy atom. The maximum Gasteiger partial charge on any atom is 0.306 e. The van der Waals surface area contributed by atoms with Crippen molar-refractivity contribution in [3.63, 3.8) is 0 Å². The number of carboxylic acids is 1. The summed E-state index contributed by atoms with van der Waals surface area (Å²) in [6, 6.07) is 0. The van der Waals surface area contributed by atoms with Crippen LogP contribution >= 0.6 is 0 Å². The van der Waals surface area contributed by atoms with Crippen LogP contribution in [0.3, 0.4) is 0 Å². The number of carboxylic acid groups (broad SMARTS) is 1. The summed E-state index contributed by atoms with van der Waals surface area (Å²) in [4.78, 5) is 10.7. The predicted octanol–water partition coefficient (Wildman–Crippen LogP) is 4.26. The maximum absolute atomic E-state index is 10.7. The highest BCUT2D eigenvalue weighted by Crippen LogP contribution is 2.54. The molecule has 0 bridgehead atoms. The number of hydrogen-bond donors (Lipinski definition) is 1. The van der Waals surface area contributed by atoms with E-state index in [0.29, 0.717) is 5.41 Å². The van der Waals surface area contributed by atoms with Crippen LogP contribution in [0.25, 0.3) is 0 Å². The molecule has 1 aliphatic rings. The number of allylic oxidation sites excluding steroid dienone is 2. The number of hydrogen-bond acceptors (Lipinski definition) is 1. The van der Waals surface area contributed by atoms with Crippen molar-refractivity contribution >= 4 is 5.97 Å². The topological polar surface area (TPSA) is 37.3 Å². The van der Waals surface area contributed by atoms with Gasteiger partial charge in [-0.15, -0.1) is 0 Å². The minimum absolute atomic E-state index is 0.193. The van der Waals surface area contributed by atoms with Crippen molar-refractivity contribution in [3.8, 4) is 0 Å². The van der Waals surface area contributed by atoms with Gasteiger partial charge in [-0.1, -0.05) is 38.3 Å². The van der Waals surface area contributed by atoms with Crippen LogP contribution in [-0.4, -0.2) is 11.1 Å². The molecule has 0 heterocycles. The maximum atomic E-state index is 10.7. The molecule has 0 amide bonds. The quantitative estimate of drug-likeness (QED) is 0.727. The average molecular weight is 238 g/mol. The summed E-state index contributed by atoms with van der Waals surface area (Å²) >= 11 is 0. The molecule has 2 atom stereocenters. The average Bonchev–Trinajstić information content (AvgIpc) is 2.20. The molecule has 1 saturated carbocycles. The zero-order valence-electron chi connectivity index (χ0n) is 11.8. The van der Waals surface area contributed by atoms with Crippen molar-refractivity contribution in [2.75, 3.05) is 0 Å². The summed E-state index contributed by atoms with van der Waals surface area (Å²) in [7, 11) is 0. The van der Waals surface area contributed by atoms with E-state index in [1.165, 1.54) is 18.4 Å². The molecule has 17 heavy (non-hydrogen) atoms. The zero-order valence-corrected chi connectivity index (χ0v) is 11.8. The molecular weight excluding hydrogens is 212 g/mol. The van der Waals surface area contributed by atoms with Crippen LogP contribution in [0, 0.1) is 17.3 Å². The molecule has 1 N–H and O–H groups in total. The second kappa shape index (κ2) is 5.24. The second-order valence-electron chi connectivity index (χ2n) is 6.27. The van der Waals surface area contributed by atoms with Gasteiger partial charge in [-0.05, 0) is 44.4 Å². The Morgan fingerprint density at radius 3 is 2.47 bits per heavy atom. The van der Waals surface area contributed by atoms with Gasteiger partial charge in [0.25, 0.3) is 0 Å². The number of aliphatic carboxylic acids is 1. The molecule has 0 aromatic heterocycles. The summed E-state index contributed by atoms with van der Waals surface area (Å²) in [5.41, 5.74) is 3.41. The molecule has 1 fully saturated rings. The first-order valence-electron chi connectivity index (χ1n) is 6.66. The Morgan fingerprint density at radius 1 is 1.47 bits per heavy atom. The Bertz CT molecular complexity index is 322. The van der Waals surface area contributed by atoms with E-state index < -0.39 is 5.97 Å². The fraction of sp³-hybridized carbons (Fsp3) is 0.800. The van der Waals surface area contributed by atoms with E-state index in [1.807, 2.05) is 0 Å². The largest absolute Gasteiger partial charge is 0.481 e. The second-order valence-corrected chi connectivity index (χ2v) is 6.27. The lowest BCUT2D eigenvalue weighted by atomic mass is 9.56. The summed E-state index contributed by atoms with van der Waals surface area (Å²) < 4.78 is 0. The van der Waals surface area contributed by atoms with Gasteiger partial charge < -0.3 is 5.11 Å². The molecule has 0 aromatic carbocycles. The van der Waals surface area contributed by atoms with Gasteiger partial charge in [0.1, 0.15) is 0 Å². The van der Waals surface area contributed by atoms with Gasteiger partial charge in [-0.2, -0.15) is 0 Å². The van der Waals surface area contributed by atoms with Gasteiger partial charge in [0, 0.05) is 0 Å². The minimum Gasteiger partial charge on any atom is -0.481 e. The van der Waals surface area contributed by atoms with Gasteiger partial charge in [-0.3, -0.25) is 4.79 Å². The number of rotatable bonds is 5. The molecule has 2 nitrogen and oxygen atoms in total. The van der Waals surface area contributed by atoms with E-state index in [2.05, 4.69) is 27.7 Å². The molecule has 1 rings (SSSR count). The third-order valence-electron chi connectivity index (χ3n) is 4.46. The van der Waals surface area contributed by atoms with Gasteiger partial charge in [0.2, 0.25) is 0 Å². The Labute approximate surface area is 105 Å². The van der Waals surface area contributed by atoms with E-state index in [4.69, 9.17) is 5.11 Å². The molecule has 1 aliphatic carbocycles. The Kier molecular flexibility index (Phi) is 4.40. The van der Waals surface area contributed by atoms with Crippen molar-refractivity contribution in [2.24, 2.45) is 17.3 Å². The van der Waals surface area contributed by atoms with Crippen molar-refractivity contribution in [2.45, 2.75) is 60.3 Å². The molecular formula is C15H26O2. The standard InChI is InChI=1S/C15H26O2/c1-10(2)13-9-12(15(13,4)5)8-6-7-11(3)14(16)17/h11-12H,6-9H2,1-5H3,(H,16,17)/t11-,12+/m1/s1. The van der Waals surface area contributed by atoms with E-state index in [1.54, 1.807) is 12.5 Å². The van der Waals surface area contributed by atoms with Crippen molar-refractivity contribution < 1.29 is 9.90 Å². The van der Waals surface area contributed by atoms with E-state index in [0.717, 1.165) is 18.8 Å². The fourth-order valence-electron chi connectivity index (χ4n) is 2.99. The van der Waals surface area contributed by atoms with Crippen LogP contribution in [0.1, 0.15) is 60.3 Å². The third-order valence-corrected chi connectivity index (χ3v) is 4.46. The summed E-state index contributed by atoms with van der Waals surface area (Å²) in [6.45, 7) is 10.8.